The third kappa shape index (κ3) is 4.37. The summed E-state index contributed by atoms with van der Waals surface area (Å²) in [7, 11) is 1.61. The van der Waals surface area contributed by atoms with Crippen LogP contribution in [0.2, 0.25) is 0 Å². The van der Waals surface area contributed by atoms with E-state index in [0.717, 1.165) is 40.5 Å². The second-order valence-electron chi connectivity index (χ2n) is 6.92. The molecule has 152 valence electrons. The van der Waals surface area contributed by atoms with E-state index in [1.165, 1.54) is 0 Å². The van der Waals surface area contributed by atoms with Gasteiger partial charge in [-0.05, 0) is 42.7 Å². The van der Waals surface area contributed by atoms with Crippen LogP contribution < -0.4 is 4.74 Å². The monoisotopic (exact) mass is 417 g/mol. The van der Waals surface area contributed by atoms with Gasteiger partial charge in [-0.3, -0.25) is 9.36 Å². The number of fused-ring (bicyclic) bond motifs is 1. The van der Waals surface area contributed by atoms with Crippen LogP contribution in [0.4, 0.5) is 8.78 Å². The molecule has 1 fully saturated rings. The highest BCUT2D eigenvalue weighted by Gasteiger charge is 2.32. The van der Waals surface area contributed by atoms with E-state index in [9.17, 15) is 13.6 Å². The molecule has 0 atom stereocenters. The number of nitrogens with zero attached hydrogens (tertiary/aromatic N) is 3. The molecule has 1 aliphatic rings. The van der Waals surface area contributed by atoms with Crippen molar-refractivity contribution >= 4 is 28.7 Å². The number of amides is 1. The molecule has 1 aromatic heterocycles. The molecule has 0 spiro atoms. The highest BCUT2D eigenvalue weighted by molar-refractivity contribution is 7.99. The van der Waals surface area contributed by atoms with Crippen molar-refractivity contribution in [3.05, 3.63) is 54.1 Å². The summed E-state index contributed by atoms with van der Waals surface area (Å²) in [6.45, 7) is -2.21. The maximum Gasteiger partial charge on any atom is 0.321 e. The molecule has 0 N–H and O–H groups in total. The zero-order chi connectivity index (χ0) is 20.4. The second-order valence-corrected chi connectivity index (χ2v) is 7.86. The molecule has 4 rings (SSSR count). The van der Waals surface area contributed by atoms with E-state index in [1.54, 1.807) is 31.4 Å². The Labute approximate surface area is 171 Å². The van der Waals surface area contributed by atoms with Gasteiger partial charge >= 0.3 is 6.55 Å². The van der Waals surface area contributed by atoms with Crippen LogP contribution in [-0.4, -0.2) is 39.3 Å². The van der Waals surface area contributed by atoms with Gasteiger partial charge in [0.25, 0.3) is 0 Å². The molecule has 29 heavy (non-hydrogen) atoms. The molecule has 1 amide bonds. The van der Waals surface area contributed by atoms with Crippen molar-refractivity contribution in [2.75, 3.05) is 12.9 Å². The van der Waals surface area contributed by atoms with Crippen molar-refractivity contribution in [1.29, 1.82) is 0 Å². The summed E-state index contributed by atoms with van der Waals surface area (Å²) < 4.78 is 33.2. The van der Waals surface area contributed by atoms with Crippen molar-refractivity contribution in [3.8, 4) is 5.75 Å². The Morgan fingerprint density at radius 1 is 1.24 bits per heavy atom. The number of halogens is 2. The Balaban J connectivity index is 1.47. The number of imidazole rings is 1. The third-order valence-corrected chi connectivity index (χ3v) is 5.84. The first-order valence-corrected chi connectivity index (χ1v) is 10.4. The van der Waals surface area contributed by atoms with Crippen LogP contribution in [0, 0.1) is 0 Å². The van der Waals surface area contributed by atoms with Crippen molar-refractivity contribution in [3.63, 3.8) is 0 Å². The lowest BCUT2D eigenvalue weighted by Gasteiger charge is -2.22. The SMILES string of the molecule is COc1ccc(CN(C(=O)CSc2nc3ccccc3n2C(F)F)C2CC2)cc1. The molecule has 2 aromatic carbocycles. The van der Waals surface area contributed by atoms with Gasteiger partial charge in [-0.25, -0.2) is 4.98 Å². The molecule has 0 saturated heterocycles. The minimum atomic E-state index is -2.71. The van der Waals surface area contributed by atoms with Crippen LogP contribution in [0.15, 0.2) is 53.7 Å². The molecule has 1 heterocycles. The summed E-state index contributed by atoms with van der Waals surface area (Å²) in [5.74, 6) is 0.767. The number of carbonyl (C=O) groups is 1. The number of rotatable bonds is 8. The number of para-hydroxylation sites is 2. The molecule has 3 aromatic rings. The minimum absolute atomic E-state index is 0.0683. The number of thioether (sulfide) groups is 1. The molecule has 8 heteroatoms. The first kappa shape index (κ1) is 19.7. The first-order chi connectivity index (χ1) is 14.1. The van der Waals surface area contributed by atoms with E-state index in [2.05, 4.69) is 4.98 Å². The molecular weight excluding hydrogens is 396 g/mol. The van der Waals surface area contributed by atoms with E-state index in [-0.39, 0.29) is 22.9 Å². The van der Waals surface area contributed by atoms with Gasteiger partial charge in [0.15, 0.2) is 5.16 Å². The van der Waals surface area contributed by atoms with Crippen LogP contribution in [0.1, 0.15) is 25.0 Å². The molecule has 1 aliphatic carbocycles. The van der Waals surface area contributed by atoms with Crippen molar-refractivity contribution < 1.29 is 18.3 Å². The lowest BCUT2D eigenvalue weighted by molar-refractivity contribution is -0.129. The average Bonchev–Trinajstić information content (AvgIpc) is 3.50. The van der Waals surface area contributed by atoms with Gasteiger partial charge in [0.1, 0.15) is 5.75 Å². The van der Waals surface area contributed by atoms with E-state index < -0.39 is 6.55 Å². The van der Waals surface area contributed by atoms with Gasteiger partial charge in [0, 0.05) is 12.6 Å². The van der Waals surface area contributed by atoms with Crippen LogP contribution in [0.25, 0.3) is 11.0 Å². The largest absolute Gasteiger partial charge is 0.497 e. The Morgan fingerprint density at radius 2 is 1.97 bits per heavy atom. The minimum Gasteiger partial charge on any atom is -0.497 e. The fourth-order valence-corrected chi connectivity index (χ4v) is 4.16. The van der Waals surface area contributed by atoms with Gasteiger partial charge in [0.2, 0.25) is 5.91 Å². The Morgan fingerprint density at radius 3 is 2.62 bits per heavy atom. The highest BCUT2D eigenvalue weighted by Crippen LogP contribution is 2.32. The van der Waals surface area contributed by atoms with E-state index in [4.69, 9.17) is 4.74 Å². The molecular formula is C21H21F2N3O2S. The Hall–Kier alpha value is -2.61. The van der Waals surface area contributed by atoms with Crippen LogP contribution >= 0.6 is 11.8 Å². The fourth-order valence-electron chi connectivity index (χ4n) is 3.26. The third-order valence-electron chi connectivity index (χ3n) is 4.90. The number of methoxy groups -OCH3 is 1. The predicted molar refractivity (Wildman–Crippen MR) is 108 cm³/mol. The predicted octanol–water partition coefficient (Wildman–Crippen LogP) is 4.72. The number of ether oxygens (including phenoxy) is 1. The molecule has 0 bridgehead atoms. The quantitative estimate of drug-likeness (QED) is 0.498. The normalized spacial score (nSPS) is 13.8. The van der Waals surface area contributed by atoms with Gasteiger partial charge in [0.05, 0.1) is 23.9 Å². The van der Waals surface area contributed by atoms with E-state index in [0.29, 0.717) is 17.6 Å². The Kier molecular flexibility index (Phi) is 5.71. The van der Waals surface area contributed by atoms with E-state index in [1.807, 2.05) is 29.2 Å². The number of carbonyl (C=O) groups excluding carboxylic acids is 1. The lowest BCUT2D eigenvalue weighted by atomic mass is 10.2. The second kappa shape index (κ2) is 8.41. The summed E-state index contributed by atoms with van der Waals surface area (Å²) in [6, 6.07) is 14.6. The van der Waals surface area contributed by atoms with Crippen LogP contribution in [0.5, 0.6) is 5.75 Å². The zero-order valence-electron chi connectivity index (χ0n) is 15.9. The van der Waals surface area contributed by atoms with Gasteiger partial charge in [-0.1, -0.05) is 36.0 Å². The van der Waals surface area contributed by atoms with E-state index >= 15 is 0 Å². The van der Waals surface area contributed by atoms with Gasteiger partial charge in [-0.15, -0.1) is 0 Å². The summed E-state index contributed by atoms with van der Waals surface area (Å²) in [5, 5.41) is 0.162. The van der Waals surface area contributed by atoms with Gasteiger partial charge < -0.3 is 9.64 Å². The Bertz CT molecular complexity index is 1000. The topological polar surface area (TPSA) is 47.4 Å². The van der Waals surface area contributed by atoms with Crippen molar-refractivity contribution in [2.45, 2.75) is 37.1 Å². The smallest absolute Gasteiger partial charge is 0.321 e. The highest BCUT2D eigenvalue weighted by atomic mass is 32.2. The molecule has 5 nitrogen and oxygen atoms in total. The summed E-state index contributed by atoms with van der Waals surface area (Å²) in [6.07, 6.45) is 1.95. The lowest BCUT2D eigenvalue weighted by Crippen LogP contribution is -2.34. The maximum atomic E-state index is 13.6. The number of hydrogen-bond acceptors (Lipinski definition) is 4. The fraction of sp³-hybridized carbons (Fsp3) is 0.333. The van der Waals surface area contributed by atoms with Crippen molar-refractivity contribution in [2.24, 2.45) is 0 Å². The maximum absolute atomic E-state index is 13.6. The molecule has 0 unspecified atom stereocenters. The van der Waals surface area contributed by atoms with Gasteiger partial charge in [-0.2, -0.15) is 8.78 Å². The number of alkyl halides is 2. The molecule has 0 radical (unpaired) electrons. The molecule has 0 aliphatic heterocycles. The van der Waals surface area contributed by atoms with Crippen molar-refractivity contribution in [1.82, 2.24) is 14.5 Å². The van der Waals surface area contributed by atoms with Crippen LogP contribution in [0.3, 0.4) is 0 Å². The zero-order valence-corrected chi connectivity index (χ0v) is 16.7. The van der Waals surface area contributed by atoms with Crippen LogP contribution in [-0.2, 0) is 11.3 Å². The summed E-state index contributed by atoms with van der Waals surface area (Å²) in [5.41, 5.74) is 1.88. The number of aromatic nitrogens is 2. The molecule has 1 saturated carbocycles. The standard InChI is InChI=1S/C21H21F2N3O2S/c1-28-16-10-6-14(7-11-16)12-25(15-8-9-15)19(27)13-29-21-24-17-4-2-3-5-18(17)26(21)20(22)23/h2-7,10-11,15,20H,8-9,12-13H2,1H3. The summed E-state index contributed by atoms with van der Waals surface area (Å²) >= 11 is 1.06. The first-order valence-electron chi connectivity index (χ1n) is 9.37. The number of hydrogen-bond donors (Lipinski definition) is 0. The number of benzene rings is 2. The average molecular weight is 417 g/mol. The summed E-state index contributed by atoms with van der Waals surface area (Å²) in [4.78, 5) is 19.0.